The predicted octanol–water partition coefficient (Wildman–Crippen LogP) is 2.59. The van der Waals surface area contributed by atoms with E-state index in [-0.39, 0.29) is 39.4 Å². The average molecular weight is 520 g/mol. The number of nitrogens with two attached hydrogens (primary N) is 1. The van der Waals surface area contributed by atoms with Crippen molar-refractivity contribution in [2.24, 2.45) is 0 Å². The van der Waals surface area contributed by atoms with Crippen LogP contribution in [0.2, 0.25) is 10.0 Å². The number of halogens is 2. The van der Waals surface area contributed by atoms with Crippen molar-refractivity contribution in [2.45, 2.75) is 13.5 Å². The lowest BCUT2D eigenvalue weighted by molar-refractivity contribution is -0.126. The lowest BCUT2D eigenvalue weighted by Crippen LogP contribution is -2.49. The molecule has 2 heterocycles. The van der Waals surface area contributed by atoms with Gasteiger partial charge in [0.05, 0.1) is 29.8 Å². The topological polar surface area (TPSA) is 114 Å². The van der Waals surface area contributed by atoms with E-state index in [1.54, 1.807) is 11.8 Å². The van der Waals surface area contributed by atoms with Crippen LogP contribution in [0.25, 0.3) is 11.1 Å². The van der Waals surface area contributed by atoms with Crippen LogP contribution in [0.1, 0.15) is 12.5 Å². The first-order valence-electron chi connectivity index (χ1n) is 10.8. The first-order chi connectivity index (χ1) is 16.8. The van der Waals surface area contributed by atoms with Crippen molar-refractivity contribution in [1.29, 1.82) is 5.41 Å². The smallest absolute Gasteiger partial charge is 0.298 e. The summed E-state index contributed by atoms with van der Waals surface area (Å²) in [7, 11) is 2.90. The van der Waals surface area contributed by atoms with Gasteiger partial charge in [-0.05, 0) is 18.9 Å². The molecule has 1 aromatic carbocycles. The third-order valence-electron chi connectivity index (χ3n) is 5.89. The van der Waals surface area contributed by atoms with E-state index in [0.29, 0.717) is 49.8 Å². The normalized spacial score (nSPS) is 13.7. The van der Waals surface area contributed by atoms with E-state index in [1.807, 2.05) is 0 Å². The number of nitrogens with one attached hydrogen (secondary N) is 1. The maximum absolute atomic E-state index is 13.6. The highest BCUT2D eigenvalue weighted by Crippen LogP contribution is 2.45. The number of hydrogen-bond donors (Lipinski definition) is 2. The minimum atomic E-state index is -0.403. The first kappa shape index (κ1) is 26.4. The molecule has 0 bridgehead atoms. The van der Waals surface area contributed by atoms with Crippen molar-refractivity contribution >= 4 is 41.1 Å². The van der Waals surface area contributed by atoms with Crippen LogP contribution in [0.3, 0.4) is 0 Å². The number of hydrogen-bond acceptors (Lipinski definition) is 7. The number of carbonyl (C=O) groups excluding carboxylic acids is 1. The molecule has 1 aliphatic rings. The minimum absolute atomic E-state index is 0.151. The van der Waals surface area contributed by atoms with Gasteiger partial charge in [-0.3, -0.25) is 19.1 Å². The van der Waals surface area contributed by atoms with E-state index in [9.17, 15) is 9.59 Å². The Morgan fingerprint density at radius 1 is 1.11 bits per heavy atom. The third kappa shape index (κ3) is 5.40. The van der Waals surface area contributed by atoms with E-state index in [0.717, 1.165) is 6.21 Å². The van der Waals surface area contributed by atoms with Crippen LogP contribution in [0.5, 0.6) is 11.5 Å². The third-order valence-corrected chi connectivity index (χ3v) is 6.64. The lowest BCUT2D eigenvalue weighted by atomic mass is 10.0. The van der Waals surface area contributed by atoms with Gasteiger partial charge in [0, 0.05) is 62.7 Å². The van der Waals surface area contributed by atoms with Crippen molar-refractivity contribution < 1.29 is 14.3 Å². The van der Waals surface area contributed by atoms with Gasteiger partial charge < -0.3 is 25.5 Å². The van der Waals surface area contributed by atoms with E-state index in [1.165, 1.54) is 30.9 Å². The number of nitrogen functional groups attached to an aromatic ring is 1. The van der Waals surface area contributed by atoms with Crippen LogP contribution in [-0.4, -0.2) is 73.4 Å². The Kier molecular flexibility index (Phi) is 8.67. The molecule has 1 aromatic heterocycles. The molecule has 35 heavy (non-hydrogen) atoms. The highest BCUT2D eigenvalue weighted by molar-refractivity contribution is 6.41. The summed E-state index contributed by atoms with van der Waals surface area (Å²) < 4.78 is 12.1. The van der Waals surface area contributed by atoms with Gasteiger partial charge >= 0.3 is 0 Å². The number of rotatable bonds is 7. The molecule has 1 fully saturated rings. The largest absolute Gasteiger partial charge is 0.495 e. The number of amides is 1. The zero-order chi connectivity index (χ0) is 25.7. The minimum Gasteiger partial charge on any atom is -0.495 e. The Balaban J connectivity index is 1.95. The first-order valence-corrected chi connectivity index (χ1v) is 11.6. The molecule has 0 unspecified atom stereocenters. The predicted molar refractivity (Wildman–Crippen MR) is 138 cm³/mol. The number of benzene rings is 1. The maximum Gasteiger partial charge on any atom is 0.298 e. The Morgan fingerprint density at radius 2 is 1.71 bits per heavy atom. The quantitative estimate of drug-likeness (QED) is 0.429. The van der Waals surface area contributed by atoms with Crippen molar-refractivity contribution in [1.82, 2.24) is 14.4 Å². The van der Waals surface area contributed by atoms with Crippen LogP contribution < -0.4 is 20.8 Å². The van der Waals surface area contributed by atoms with Crippen LogP contribution >= 0.6 is 23.2 Å². The molecular formula is C24H27Cl2N5O4. The average Bonchev–Trinajstić information content (AvgIpc) is 2.86. The second kappa shape index (κ2) is 11.5. The summed E-state index contributed by atoms with van der Waals surface area (Å²) in [5.41, 5.74) is 6.62. The van der Waals surface area contributed by atoms with E-state index in [2.05, 4.69) is 16.7 Å². The fourth-order valence-electron chi connectivity index (χ4n) is 3.94. The van der Waals surface area contributed by atoms with Gasteiger partial charge in [0.2, 0.25) is 0 Å². The summed E-state index contributed by atoms with van der Waals surface area (Å²) in [6, 6.07) is 3.03. The maximum atomic E-state index is 13.6. The standard InChI is InChI=1S/C24H27Cl2N5O4/c1-4-5-19(32)30-9-6-29(7-10-30)8-11-31-23(28)15(14-27)12-16(24(31)33)20-21(25)17(34-2)13-18(35-3)22(20)26/h12-14,27H,6-11,28H2,1-3H3. The van der Waals surface area contributed by atoms with E-state index < -0.39 is 5.56 Å². The molecular weight excluding hydrogens is 493 g/mol. The SMILES string of the molecule is CC#CC(=O)N1CCN(CCn2c(N)c(C=N)cc(-c3c(Cl)c(OC)cc(OC)c3Cl)c2=O)CC1. The van der Waals surface area contributed by atoms with Crippen LogP contribution in [0.4, 0.5) is 5.82 Å². The van der Waals surface area contributed by atoms with Gasteiger partial charge in [-0.15, -0.1) is 0 Å². The molecule has 0 saturated carbocycles. The second-order valence-corrected chi connectivity index (χ2v) is 8.55. The zero-order valence-corrected chi connectivity index (χ0v) is 21.3. The number of methoxy groups -OCH3 is 2. The van der Waals surface area contributed by atoms with Gasteiger partial charge in [-0.1, -0.05) is 29.1 Å². The molecule has 1 amide bonds. The summed E-state index contributed by atoms with van der Waals surface area (Å²) in [6.07, 6.45) is 1.08. The molecule has 1 saturated heterocycles. The van der Waals surface area contributed by atoms with Crippen LogP contribution in [-0.2, 0) is 11.3 Å². The van der Waals surface area contributed by atoms with Crippen molar-refractivity contribution in [3.05, 3.63) is 38.1 Å². The molecule has 0 spiro atoms. The highest BCUT2D eigenvalue weighted by atomic mass is 35.5. The Bertz CT molecular complexity index is 1230. The van der Waals surface area contributed by atoms with Crippen LogP contribution in [0.15, 0.2) is 16.9 Å². The van der Waals surface area contributed by atoms with Gasteiger partial charge in [-0.25, -0.2) is 0 Å². The number of ether oxygens (including phenoxy) is 2. The van der Waals surface area contributed by atoms with Gasteiger partial charge in [0.25, 0.3) is 11.5 Å². The van der Waals surface area contributed by atoms with Gasteiger partial charge in [0.1, 0.15) is 17.3 Å². The highest BCUT2D eigenvalue weighted by Gasteiger charge is 2.24. The van der Waals surface area contributed by atoms with Gasteiger partial charge in [0.15, 0.2) is 0 Å². The zero-order valence-electron chi connectivity index (χ0n) is 19.8. The van der Waals surface area contributed by atoms with Crippen molar-refractivity contribution in [3.63, 3.8) is 0 Å². The number of nitrogens with zero attached hydrogens (tertiary/aromatic N) is 3. The van der Waals surface area contributed by atoms with Crippen molar-refractivity contribution in [2.75, 3.05) is 52.7 Å². The van der Waals surface area contributed by atoms with E-state index in [4.69, 9.17) is 43.8 Å². The molecule has 186 valence electrons. The molecule has 9 nitrogen and oxygen atoms in total. The summed E-state index contributed by atoms with van der Waals surface area (Å²) in [4.78, 5) is 29.4. The number of piperazine rings is 1. The summed E-state index contributed by atoms with van der Waals surface area (Å²) in [5, 5.41) is 8.11. The Labute approximate surface area is 213 Å². The molecule has 0 atom stereocenters. The number of aromatic nitrogens is 1. The summed E-state index contributed by atoms with van der Waals surface area (Å²) in [5.74, 6) is 5.76. The Morgan fingerprint density at radius 3 is 2.23 bits per heavy atom. The number of anilines is 1. The summed E-state index contributed by atoms with van der Waals surface area (Å²) >= 11 is 13.1. The second-order valence-electron chi connectivity index (χ2n) is 7.79. The van der Waals surface area contributed by atoms with Crippen LogP contribution in [0, 0.1) is 17.3 Å². The molecule has 2 aromatic rings. The van der Waals surface area contributed by atoms with Crippen molar-refractivity contribution in [3.8, 4) is 34.5 Å². The number of carbonyl (C=O) groups is 1. The van der Waals surface area contributed by atoms with E-state index >= 15 is 0 Å². The number of pyridine rings is 1. The fourth-order valence-corrected chi connectivity index (χ4v) is 4.65. The monoisotopic (exact) mass is 519 g/mol. The molecule has 1 aliphatic heterocycles. The molecule has 0 radical (unpaired) electrons. The molecule has 0 aliphatic carbocycles. The Hall–Kier alpha value is -3.19. The lowest BCUT2D eigenvalue weighted by Gasteiger charge is -2.33. The fraction of sp³-hybridized carbons (Fsp3) is 0.375. The van der Waals surface area contributed by atoms with Gasteiger partial charge in [-0.2, -0.15) is 0 Å². The molecule has 11 heteroatoms. The molecule has 3 N–H and O–H groups in total. The summed E-state index contributed by atoms with van der Waals surface area (Å²) in [6.45, 7) is 4.83. The molecule has 3 rings (SSSR count).